The van der Waals surface area contributed by atoms with E-state index < -0.39 is 0 Å². The van der Waals surface area contributed by atoms with Crippen molar-refractivity contribution in [3.05, 3.63) is 24.3 Å². The molecule has 0 spiro atoms. The second-order valence-corrected chi connectivity index (χ2v) is 5.25. The molecule has 0 amide bonds. The van der Waals surface area contributed by atoms with Crippen LogP contribution in [0, 0.1) is 16.7 Å². The summed E-state index contributed by atoms with van der Waals surface area (Å²) in [6.07, 6.45) is 8.75. The van der Waals surface area contributed by atoms with Crippen LogP contribution in [-0.4, -0.2) is 0 Å². The molecule has 2 atom stereocenters. The van der Waals surface area contributed by atoms with Crippen LogP contribution in [0.25, 0.3) is 0 Å². The van der Waals surface area contributed by atoms with Gasteiger partial charge in [0.25, 0.3) is 0 Å². The van der Waals surface area contributed by atoms with E-state index in [2.05, 4.69) is 39.5 Å². The third-order valence-corrected chi connectivity index (χ3v) is 4.58. The summed E-state index contributed by atoms with van der Waals surface area (Å²) in [4.78, 5) is 0. The van der Waals surface area contributed by atoms with Gasteiger partial charge in [-0.1, -0.05) is 38.2 Å². The summed E-state index contributed by atoms with van der Waals surface area (Å²) in [6, 6.07) is 0. The highest BCUT2D eigenvalue weighted by molar-refractivity contribution is 5.32. The topological polar surface area (TPSA) is 0 Å². The summed E-state index contributed by atoms with van der Waals surface area (Å²) in [5, 5.41) is 0. The van der Waals surface area contributed by atoms with Crippen molar-refractivity contribution in [3.63, 3.8) is 0 Å². The molecule has 0 N–H and O–H groups in total. The van der Waals surface area contributed by atoms with Crippen LogP contribution in [0.1, 0.15) is 40.0 Å². The fraction of sp³-hybridized carbons (Fsp3) is 0.692. The first-order valence-electron chi connectivity index (χ1n) is 5.37. The van der Waals surface area contributed by atoms with Gasteiger partial charge in [0.2, 0.25) is 0 Å². The Morgan fingerprint density at radius 3 is 2.62 bits per heavy atom. The molecule has 0 heterocycles. The summed E-state index contributed by atoms with van der Waals surface area (Å²) < 4.78 is 0. The third kappa shape index (κ3) is 0.920. The zero-order valence-corrected chi connectivity index (χ0v) is 9.06. The number of hydrogen-bond acceptors (Lipinski definition) is 0. The van der Waals surface area contributed by atoms with E-state index >= 15 is 0 Å². The number of rotatable bonds is 1. The molecule has 0 aromatic rings. The zero-order chi connectivity index (χ0) is 9.69. The van der Waals surface area contributed by atoms with E-state index in [0.717, 1.165) is 5.92 Å². The minimum absolute atomic E-state index is 0.336. The quantitative estimate of drug-likeness (QED) is 0.531. The van der Waals surface area contributed by atoms with Gasteiger partial charge in [-0.05, 0) is 42.9 Å². The van der Waals surface area contributed by atoms with Crippen molar-refractivity contribution in [2.45, 2.75) is 40.0 Å². The molecule has 2 aliphatic carbocycles. The molecule has 2 unspecified atom stereocenters. The van der Waals surface area contributed by atoms with Crippen LogP contribution in [0.5, 0.6) is 0 Å². The van der Waals surface area contributed by atoms with Gasteiger partial charge < -0.3 is 0 Å². The molecule has 0 saturated heterocycles. The number of fused-ring (bicyclic) bond motifs is 2. The maximum atomic E-state index is 4.28. The van der Waals surface area contributed by atoms with Crippen LogP contribution in [0.4, 0.5) is 0 Å². The lowest BCUT2D eigenvalue weighted by Crippen LogP contribution is -2.32. The van der Waals surface area contributed by atoms with Crippen molar-refractivity contribution < 1.29 is 0 Å². The van der Waals surface area contributed by atoms with E-state index in [1.807, 2.05) is 0 Å². The first kappa shape index (κ1) is 9.05. The minimum Gasteiger partial charge on any atom is -0.0990 e. The SMILES string of the molecule is C=C1C2CCC(C=CC)(C2)C1(C)C. The minimum atomic E-state index is 0.336. The maximum absolute atomic E-state index is 4.28. The molecule has 2 bridgehead atoms. The summed E-state index contributed by atoms with van der Waals surface area (Å²) >= 11 is 0. The smallest absolute Gasteiger partial charge is 0.00242 e. The van der Waals surface area contributed by atoms with Gasteiger partial charge in [0.05, 0.1) is 0 Å². The summed E-state index contributed by atoms with van der Waals surface area (Å²) in [5.74, 6) is 0.811. The van der Waals surface area contributed by atoms with Gasteiger partial charge in [-0.3, -0.25) is 0 Å². The van der Waals surface area contributed by atoms with E-state index in [9.17, 15) is 0 Å². The molecule has 0 aromatic heterocycles. The van der Waals surface area contributed by atoms with Crippen LogP contribution in [0.2, 0.25) is 0 Å². The second kappa shape index (κ2) is 2.50. The number of hydrogen-bond donors (Lipinski definition) is 0. The molecule has 0 aromatic carbocycles. The Morgan fingerprint density at radius 1 is 1.46 bits per heavy atom. The molecule has 13 heavy (non-hydrogen) atoms. The van der Waals surface area contributed by atoms with Gasteiger partial charge in [0.15, 0.2) is 0 Å². The van der Waals surface area contributed by atoms with Crippen LogP contribution in [0.15, 0.2) is 24.3 Å². The highest BCUT2D eigenvalue weighted by Gasteiger charge is 2.57. The molecular formula is C13H20. The third-order valence-electron chi connectivity index (χ3n) is 4.58. The van der Waals surface area contributed by atoms with E-state index in [1.54, 1.807) is 0 Å². The van der Waals surface area contributed by atoms with Gasteiger partial charge in [-0.25, -0.2) is 0 Å². The molecule has 0 nitrogen and oxygen atoms in total. The first-order valence-corrected chi connectivity index (χ1v) is 5.37. The zero-order valence-electron chi connectivity index (χ0n) is 9.06. The predicted molar refractivity (Wildman–Crippen MR) is 57.5 cm³/mol. The first-order chi connectivity index (χ1) is 6.03. The van der Waals surface area contributed by atoms with E-state index in [4.69, 9.17) is 0 Å². The van der Waals surface area contributed by atoms with E-state index in [1.165, 1.54) is 24.8 Å². The van der Waals surface area contributed by atoms with Gasteiger partial charge in [0.1, 0.15) is 0 Å². The summed E-state index contributed by atoms with van der Waals surface area (Å²) in [7, 11) is 0. The molecule has 2 rings (SSSR count). The Balaban J connectivity index is 2.44. The number of allylic oxidation sites excluding steroid dienone is 3. The van der Waals surface area contributed by atoms with Crippen molar-refractivity contribution >= 4 is 0 Å². The lowest BCUT2D eigenvalue weighted by molar-refractivity contribution is 0.195. The normalized spacial score (nSPS) is 42.1. The van der Waals surface area contributed by atoms with Gasteiger partial charge in [0, 0.05) is 0 Å². The van der Waals surface area contributed by atoms with Crippen LogP contribution in [-0.2, 0) is 0 Å². The van der Waals surface area contributed by atoms with E-state index in [-0.39, 0.29) is 0 Å². The van der Waals surface area contributed by atoms with Crippen molar-refractivity contribution in [2.75, 3.05) is 0 Å². The predicted octanol–water partition coefficient (Wildman–Crippen LogP) is 3.95. The van der Waals surface area contributed by atoms with E-state index in [0.29, 0.717) is 10.8 Å². The standard InChI is InChI=1S/C13H20/c1-5-7-13-8-6-11(9-13)10(2)12(13,3)4/h5,7,11H,2,6,8-9H2,1,3-4H3. The molecule has 0 heteroatoms. The molecule has 2 aliphatic rings. The Labute approximate surface area is 81.7 Å². The molecule has 2 fully saturated rings. The van der Waals surface area contributed by atoms with Gasteiger partial charge >= 0.3 is 0 Å². The van der Waals surface area contributed by atoms with Gasteiger partial charge in [-0.15, -0.1) is 0 Å². The molecular weight excluding hydrogens is 156 g/mol. The highest BCUT2D eigenvalue weighted by Crippen LogP contribution is 2.66. The lowest BCUT2D eigenvalue weighted by Gasteiger charge is -2.41. The Bertz CT molecular complexity index is 270. The lowest BCUT2D eigenvalue weighted by atomic mass is 9.63. The van der Waals surface area contributed by atoms with Gasteiger partial charge in [-0.2, -0.15) is 0 Å². The Kier molecular flexibility index (Phi) is 1.74. The molecule has 0 aliphatic heterocycles. The summed E-state index contributed by atoms with van der Waals surface area (Å²) in [6.45, 7) is 11.2. The van der Waals surface area contributed by atoms with Crippen molar-refractivity contribution in [2.24, 2.45) is 16.7 Å². The average molecular weight is 176 g/mol. The fourth-order valence-corrected chi connectivity index (χ4v) is 3.45. The summed E-state index contributed by atoms with van der Waals surface area (Å²) in [5.41, 5.74) is 2.28. The van der Waals surface area contributed by atoms with Crippen LogP contribution in [0.3, 0.4) is 0 Å². The Morgan fingerprint density at radius 2 is 2.15 bits per heavy atom. The largest absolute Gasteiger partial charge is 0.0990 e. The second-order valence-electron chi connectivity index (χ2n) is 5.25. The van der Waals surface area contributed by atoms with Crippen molar-refractivity contribution in [1.82, 2.24) is 0 Å². The van der Waals surface area contributed by atoms with Crippen LogP contribution >= 0.6 is 0 Å². The maximum Gasteiger partial charge on any atom is -0.00242 e. The fourth-order valence-electron chi connectivity index (χ4n) is 3.45. The van der Waals surface area contributed by atoms with Crippen molar-refractivity contribution in [3.8, 4) is 0 Å². The van der Waals surface area contributed by atoms with Crippen molar-refractivity contribution in [1.29, 1.82) is 0 Å². The highest BCUT2D eigenvalue weighted by atomic mass is 14.6. The average Bonchev–Trinajstić information content (AvgIpc) is 2.54. The monoisotopic (exact) mass is 176 g/mol. The van der Waals surface area contributed by atoms with Crippen LogP contribution < -0.4 is 0 Å². The molecule has 2 saturated carbocycles. The Hall–Kier alpha value is -0.520. The molecule has 72 valence electrons. The molecule has 0 radical (unpaired) electrons.